The summed E-state index contributed by atoms with van der Waals surface area (Å²) >= 11 is 0. The highest BCUT2D eigenvalue weighted by Crippen LogP contribution is 2.19. The van der Waals surface area contributed by atoms with Crippen molar-refractivity contribution in [3.63, 3.8) is 0 Å². The molecular formula is C21H32N4O4. The highest BCUT2D eigenvalue weighted by atomic mass is 16.6. The number of carbonyl (C=O) groups excluding carboxylic acids is 3. The van der Waals surface area contributed by atoms with Gasteiger partial charge in [-0.2, -0.15) is 0 Å². The van der Waals surface area contributed by atoms with Gasteiger partial charge in [0.2, 0.25) is 5.91 Å². The van der Waals surface area contributed by atoms with Crippen molar-refractivity contribution in [1.29, 1.82) is 0 Å². The van der Waals surface area contributed by atoms with Crippen molar-refractivity contribution in [2.24, 2.45) is 0 Å². The molecule has 1 fully saturated rings. The summed E-state index contributed by atoms with van der Waals surface area (Å²) in [6, 6.07) is 6.99. The lowest BCUT2D eigenvalue weighted by Crippen LogP contribution is -2.55. The molecule has 29 heavy (non-hydrogen) atoms. The first kappa shape index (κ1) is 22.5. The van der Waals surface area contributed by atoms with Crippen LogP contribution in [0.4, 0.5) is 15.3 Å². The van der Waals surface area contributed by atoms with Gasteiger partial charge in [-0.3, -0.25) is 4.79 Å². The molecule has 1 unspecified atom stereocenters. The molecule has 8 nitrogen and oxygen atoms in total. The van der Waals surface area contributed by atoms with Crippen molar-refractivity contribution in [3.8, 4) is 0 Å². The normalized spacial score (nSPS) is 16.7. The van der Waals surface area contributed by atoms with Gasteiger partial charge in [0.05, 0.1) is 6.54 Å². The average Bonchev–Trinajstić information content (AvgIpc) is 2.60. The molecule has 2 rings (SSSR count). The van der Waals surface area contributed by atoms with Gasteiger partial charge in [0.25, 0.3) is 0 Å². The highest BCUT2D eigenvalue weighted by Gasteiger charge is 2.29. The van der Waals surface area contributed by atoms with E-state index in [4.69, 9.17) is 4.74 Å². The van der Waals surface area contributed by atoms with E-state index < -0.39 is 11.7 Å². The molecule has 0 saturated carbocycles. The van der Waals surface area contributed by atoms with E-state index in [2.05, 4.69) is 10.7 Å². The zero-order valence-electron chi connectivity index (χ0n) is 17.9. The number of anilines is 1. The minimum Gasteiger partial charge on any atom is -0.443 e. The van der Waals surface area contributed by atoms with Crippen molar-refractivity contribution in [2.75, 3.05) is 11.9 Å². The van der Waals surface area contributed by atoms with Gasteiger partial charge < -0.3 is 15.0 Å². The predicted octanol–water partition coefficient (Wildman–Crippen LogP) is 3.88. The molecule has 1 heterocycles. The molecule has 0 aliphatic carbocycles. The molecule has 1 saturated heterocycles. The number of hydrogen-bond donors (Lipinski definition) is 2. The van der Waals surface area contributed by atoms with Crippen molar-refractivity contribution in [3.05, 3.63) is 29.8 Å². The first-order valence-electron chi connectivity index (χ1n) is 9.99. The molecule has 2 N–H and O–H groups in total. The lowest BCUT2D eigenvalue weighted by atomic mass is 10.0. The molecule has 0 spiro atoms. The van der Waals surface area contributed by atoms with E-state index >= 15 is 0 Å². The second-order valence-electron chi connectivity index (χ2n) is 8.40. The third-order valence-corrected chi connectivity index (χ3v) is 4.52. The number of piperidine rings is 1. The van der Waals surface area contributed by atoms with Crippen LogP contribution in [0.1, 0.15) is 59.4 Å². The van der Waals surface area contributed by atoms with E-state index in [0.29, 0.717) is 12.2 Å². The van der Waals surface area contributed by atoms with Gasteiger partial charge in [0, 0.05) is 25.2 Å². The van der Waals surface area contributed by atoms with Gasteiger partial charge in [-0.25, -0.2) is 20.0 Å². The minimum absolute atomic E-state index is 0.112. The third kappa shape index (κ3) is 7.29. The number of ether oxygens (including phenoxy) is 1. The summed E-state index contributed by atoms with van der Waals surface area (Å²) < 4.78 is 5.32. The summed E-state index contributed by atoms with van der Waals surface area (Å²) in [5, 5.41) is 4.00. The number of nitrogens with zero attached hydrogens (tertiary/aromatic N) is 2. The number of likely N-dealkylation sites (tertiary alicyclic amines) is 1. The molecule has 4 amide bonds. The molecular weight excluding hydrogens is 372 g/mol. The maximum atomic E-state index is 13.2. The monoisotopic (exact) mass is 404 g/mol. The molecule has 1 aromatic carbocycles. The second kappa shape index (κ2) is 9.62. The molecule has 1 aliphatic rings. The fraction of sp³-hybridized carbons (Fsp3) is 0.571. The van der Waals surface area contributed by atoms with Crippen LogP contribution in [0.3, 0.4) is 0 Å². The fourth-order valence-electron chi connectivity index (χ4n) is 3.18. The van der Waals surface area contributed by atoms with Crippen LogP contribution in [-0.4, -0.2) is 46.1 Å². The minimum atomic E-state index is -0.676. The van der Waals surface area contributed by atoms with E-state index in [-0.39, 0.29) is 24.5 Å². The number of hydrazine groups is 1. The van der Waals surface area contributed by atoms with Crippen molar-refractivity contribution in [1.82, 2.24) is 15.3 Å². The van der Waals surface area contributed by atoms with E-state index in [0.717, 1.165) is 24.8 Å². The number of hydrogen-bond acceptors (Lipinski definition) is 4. The van der Waals surface area contributed by atoms with Crippen molar-refractivity contribution >= 4 is 23.7 Å². The molecule has 0 bridgehead atoms. The number of rotatable bonds is 3. The lowest BCUT2D eigenvalue weighted by molar-refractivity contribution is -0.114. The largest absolute Gasteiger partial charge is 0.443 e. The van der Waals surface area contributed by atoms with Crippen LogP contribution >= 0.6 is 0 Å². The average molecular weight is 405 g/mol. The Kier molecular flexibility index (Phi) is 7.47. The summed E-state index contributed by atoms with van der Waals surface area (Å²) in [6.07, 6.45) is 2.30. The molecule has 0 radical (unpaired) electrons. The van der Waals surface area contributed by atoms with Gasteiger partial charge in [-0.05, 0) is 64.7 Å². The zero-order valence-corrected chi connectivity index (χ0v) is 17.9. The Bertz CT molecular complexity index is 727. The second-order valence-corrected chi connectivity index (χ2v) is 8.40. The Morgan fingerprint density at radius 3 is 2.38 bits per heavy atom. The summed E-state index contributed by atoms with van der Waals surface area (Å²) in [4.78, 5) is 38.4. The Hall–Kier alpha value is -2.77. The molecule has 1 aromatic rings. The van der Waals surface area contributed by atoms with Crippen LogP contribution in [0.5, 0.6) is 0 Å². The quantitative estimate of drug-likeness (QED) is 0.748. The Morgan fingerprint density at radius 1 is 1.17 bits per heavy atom. The van der Waals surface area contributed by atoms with Crippen LogP contribution in [-0.2, 0) is 16.1 Å². The lowest BCUT2D eigenvalue weighted by Gasteiger charge is -2.37. The zero-order chi connectivity index (χ0) is 21.6. The van der Waals surface area contributed by atoms with Crippen LogP contribution in [0.25, 0.3) is 0 Å². The number of benzene rings is 1. The van der Waals surface area contributed by atoms with E-state index in [9.17, 15) is 14.4 Å². The molecule has 160 valence electrons. The number of carbonyl (C=O) groups is 3. The summed E-state index contributed by atoms with van der Waals surface area (Å²) in [6.45, 7) is 9.62. The first-order valence-corrected chi connectivity index (χ1v) is 9.99. The topological polar surface area (TPSA) is 91.0 Å². The maximum Gasteiger partial charge on any atom is 0.426 e. The molecule has 1 atom stereocenters. The van der Waals surface area contributed by atoms with Gasteiger partial charge in [0.15, 0.2) is 0 Å². The molecule has 8 heteroatoms. The van der Waals surface area contributed by atoms with Crippen LogP contribution in [0.2, 0.25) is 0 Å². The highest BCUT2D eigenvalue weighted by molar-refractivity contribution is 5.88. The van der Waals surface area contributed by atoms with Crippen LogP contribution in [0, 0.1) is 0 Å². The number of urea groups is 1. The summed E-state index contributed by atoms with van der Waals surface area (Å²) in [5.41, 5.74) is 3.41. The predicted molar refractivity (Wildman–Crippen MR) is 111 cm³/mol. The Balaban J connectivity index is 2.15. The Labute approximate surface area is 172 Å². The van der Waals surface area contributed by atoms with Crippen molar-refractivity contribution < 1.29 is 19.1 Å². The number of amides is 4. The van der Waals surface area contributed by atoms with Crippen molar-refractivity contribution in [2.45, 2.75) is 72.1 Å². The van der Waals surface area contributed by atoms with Gasteiger partial charge in [-0.1, -0.05) is 12.1 Å². The van der Waals surface area contributed by atoms with E-state index in [1.165, 1.54) is 11.9 Å². The van der Waals surface area contributed by atoms with Gasteiger partial charge >= 0.3 is 12.1 Å². The number of nitrogens with one attached hydrogen (secondary N) is 2. The van der Waals surface area contributed by atoms with Crippen LogP contribution in [0.15, 0.2) is 24.3 Å². The van der Waals surface area contributed by atoms with Gasteiger partial charge in [-0.15, -0.1) is 0 Å². The Morgan fingerprint density at radius 2 is 1.83 bits per heavy atom. The first-order chi connectivity index (χ1) is 13.5. The van der Waals surface area contributed by atoms with E-state index in [1.807, 2.05) is 19.1 Å². The summed E-state index contributed by atoms with van der Waals surface area (Å²) in [5.74, 6) is -0.153. The summed E-state index contributed by atoms with van der Waals surface area (Å²) in [7, 11) is 0. The standard InChI is InChI=1S/C21H32N4O4/c1-15-8-6-7-13-24(15)20(28)25(23-19(27)29-21(3,4)5)14-17-9-11-18(12-10-17)22-16(2)26/h9-12,15H,6-8,13-14H2,1-5H3,(H,22,26)(H,23,27). The van der Waals surface area contributed by atoms with Crippen LogP contribution < -0.4 is 10.7 Å². The molecule has 1 aliphatic heterocycles. The SMILES string of the molecule is CC(=O)Nc1ccc(CN(NC(=O)OC(C)(C)C)C(=O)N2CCCCC2C)cc1. The fourth-order valence-corrected chi connectivity index (χ4v) is 3.18. The van der Waals surface area contributed by atoms with Gasteiger partial charge in [0.1, 0.15) is 5.60 Å². The van der Waals surface area contributed by atoms with E-state index in [1.54, 1.807) is 37.8 Å². The smallest absolute Gasteiger partial charge is 0.426 e. The maximum absolute atomic E-state index is 13.2. The third-order valence-electron chi connectivity index (χ3n) is 4.52. The molecule has 0 aromatic heterocycles.